The molecule has 0 unspecified atom stereocenters. The van der Waals surface area contributed by atoms with Crippen LogP contribution >= 0.6 is 11.8 Å². The van der Waals surface area contributed by atoms with Gasteiger partial charge in [-0.2, -0.15) is 9.99 Å². The van der Waals surface area contributed by atoms with E-state index in [2.05, 4.69) is 10.1 Å². The Balaban J connectivity index is 1.93. The average molecular weight is 299 g/mol. The molecule has 0 fully saturated rings. The van der Waals surface area contributed by atoms with Crippen molar-refractivity contribution in [3.05, 3.63) is 63.5 Å². The van der Waals surface area contributed by atoms with Gasteiger partial charge in [0.2, 0.25) is 0 Å². The molecule has 3 rings (SSSR count). The molecule has 7 nitrogen and oxygen atoms in total. The molecule has 3 aromatic rings. The number of H-pyrrole nitrogens is 1. The summed E-state index contributed by atoms with van der Waals surface area (Å²) in [6.07, 6.45) is 2.84. The minimum Gasteiger partial charge on any atom is -0.618 e. The maximum absolute atomic E-state index is 11.9. The number of aromatic amines is 1. The van der Waals surface area contributed by atoms with E-state index in [1.807, 2.05) is 6.07 Å². The average Bonchev–Trinajstić information content (AvgIpc) is 2.90. The lowest BCUT2D eigenvalue weighted by atomic mass is 10.3. The first-order chi connectivity index (χ1) is 10.2. The van der Waals surface area contributed by atoms with Gasteiger partial charge in [0.1, 0.15) is 11.6 Å². The molecule has 3 heterocycles. The maximum Gasteiger partial charge on any atom is 0.272 e. The number of rotatable bonds is 3. The van der Waals surface area contributed by atoms with E-state index >= 15 is 0 Å². The topological polar surface area (TPSA) is 101 Å². The second-order valence-corrected chi connectivity index (χ2v) is 5.19. The number of hydrogen-bond donors (Lipinski definition) is 1. The molecule has 3 aromatic heterocycles. The van der Waals surface area contributed by atoms with Gasteiger partial charge in [-0.05, 0) is 17.8 Å². The van der Waals surface area contributed by atoms with Crippen LogP contribution in [0, 0.1) is 16.5 Å². The zero-order chi connectivity index (χ0) is 14.8. The highest BCUT2D eigenvalue weighted by atomic mass is 32.2. The van der Waals surface area contributed by atoms with E-state index < -0.39 is 0 Å². The lowest BCUT2D eigenvalue weighted by Crippen LogP contribution is -2.27. The van der Waals surface area contributed by atoms with E-state index in [4.69, 9.17) is 5.26 Å². The summed E-state index contributed by atoms with van der Waals surface area (Å²) in [7, 11) is 0. The SMILES string of the molecule is N#Cc1c[nH]n2c(=O)cc(CSc3cccc[n+]3[O-])nc12. The summed E-state index contributed by atoms with van der Waals surface area (Å²) < 4.78 is 1.97. The third-order valence-electron chi connectivity index (χ3n) is 2.83. The smallest absolute Gasteiger partial charge is 0.272 e. The Hall–Kier alpha value is -2.79. The van der Waals surface area contributed by atoms with Crippen LogP contribution in [0.2, 0.25) is 0 Å². The summed E-state index contributed by atoms with van der Waals surface area (Å²) in [5, 5.41) is 23.7. The summed E-state index contributed by atoms with van der Waals surface area (Å²) in [6.45, 7) is 0. The number of thioether (sulfide) groups is 1. The van der Waals surface area contributed by atoms with Crippen molar-refractivity contribution in [1.29, 1.82) is 5.26 Å². The van der Waals surface area contributed by atoms with Gasteiger partial charge >= 0.3 is 0 Å². The van der Waals surface area contributed by atoms with Crippen LogP contribution in [-0.4, -0.2) is 14.6 Å². The third kappa shape index (κ3) is 2.46. The molecular weight excluding hydrogens is 290 g/mol. The number of hydrogen-bond acceptors (Lipinski definition) is 5. The monoisotopic (exact) mass is 299 g/mol. The highest BCUT2D eigenvalue weighted by Crippen LogP contribution is 2.18. The lowest BCUT2D eigenvalue weighted by molar-refractivity contribution is -0.645. The molecule has 0 bridgehead atoms. The van der Waals surface area contributed by atoms with Crippen LogP contribution in [0.3, 0.4) is 0 Å². The summed E-state index contributed by atoms with van der Waals surface area (Å²) in [4.78, 5) is 16.2. The zero-order valence-electron chi connectivity index (χ0n) is 10.7. The fourth-order valence-corrected chi connectivity index (χ4v) is 2.66. The standard InChI is InChI=1S/C13H9N5O2S/c14-6-9-7-15-18-11(19)5-10(16-13(9)18)8-21-12-3-1-2-4-17(12)20/h1-5,7,15H,8H2. The van der Waals surface area contributed by atoms with Crippen molar-refractivity contribution in [3.8, 4) is 6.07 Å². The first kappa shape index (κ1) is 13.2. The van der Waals surface area contributed by atoms with Gasteiger partial charge in [-0.25, -0.2) is 9.50 Å². The summed E-state index contributed by atoms with van der Waals surface area (Å²) in [5.41, 5.74) is 0.825. The van der Waals surface area contributed by atoms with Gasteiger partial charge < -0.3 is 5.21 Å². The number of fused-ring (bicyclic) bond motifs is 1. The second-order valence-electron chi connectivity index (χ2n) is 4.20. The number of nitriles is 1. The Morgan fingerprint density at radius 1 is 1.52 bits per heavy atom. The minimum absolute atomic E-state index is 0.292. The maximum atomic E-state index is 11.9. The van der Waals surface area contributed by atoms with E-state index in [0.717, 1.165) is 4.73 Å². The predicted octanol–water partition coefficient (Wildman–Crippen LogP) is 0.820. The first-order valence-electron chi connectivity index (χ1n) is 6.00. The molecule has 0 aromatic carbocycles. The fraction of sp³-hybridized carbons (Fsp3) is 0.0769. The molecule has 0 aliphatic heterocycles. The largest absolute Gasteiger partial charge is 0.618 e. The predicted molar refractivity (Wildman–Crippen MR) is 75.5 cm³/mol. The van der Waals surface area contributed by atoms with E-state index in [-0.39, 0.29) is 5.56 Å². The van der Waals surface area contributed by atoms with E-state index in [1.165, 1.54) is 34.7 Å². The van der Waals surface area contributed by atoms with Crippen molar-refractivity contribution < 1.29 is 4.73 Å². The molecule has 0 saturated carbocycles. The zero-order valence-corrected chi connectivity index (χ0v) is 11.5. The highest BCUT2D eigenvalue weighted by Gasteiger charge is 2.11. The van der Waals surface area contributed by atoms with E-state index in [9.17, 15) is 10.0 Å². The van der Waals surface area contributed by atoms with Gasteiger partial charge in [0, 0.05) is 30.1 Å². The molecule has 0 saturated heterocycles. The highest BCUT2D eigenvalue weighted by molar-refractivity contribution is 7.98. The number of pyridine rings is 1. The van der Waals surface area contributed by atoms with Crippen molar-refractivity contribution in [2.45, 2.75) is 10.8 Å². The van der Waals surface area contributed by atoms with Crippen molar-refractivity contribution in [1.82, 2.24) is 14.6 Å². The van der Waals surface area contributed by atoms with Gasteiger partial charge in [0.05, 0.1) is 5.69 Å². The van der Waals surface area contributed by atoms with Crippen LogP contribution in [0.1, 0.15) is 11.3 Å². The molecule has 0 spiro atoms. The molecule has 0 amide bonds. The molecular formula is C13H9N5O2S. The number of aromatic nitrogens is 4. The van der Waals surface area contributed by atoms with Crippen molar-refractivity contribution in [2.75, 3.05) is 0 Å². The van der Waals surface area contributed by atoms with Gasteiger partial charge in [-0.15, -0.1) is 0 Å². The van der Waals surface area contributed by atoms with Crippen LogP contribution in [0.25, 0.3) is 5.65 Å². The summed E-state index contributed by atoms with van der Waals surface area (Å²) in [5.74, 6) is 0.369. The third-order valence-corrected chi connectivity index (χ3v) is 3.88. The van der Waals surface area contributed by atoms with Gasteiger partial charge in [-0.3, -0.25) is 9.89 Å². The van der Waals surface area contributed by atoms with Crippen LogP contribution in [0.4, 0.5) is 0 Å². The van der Waals surface area contributed by atoms with Crippen LogP contribution in [0.5, 0.6) is 0 Å². The summed E-state index contributed by atoms with van der Waals surface area (Å²) >= 11 is 1.28. The van der Waals surface area contributed by atoms with Gasteiger partial charge in [0.25, 0.3) is 10.6 Å². The Morgan fingerprint density at radius 2 is 2.38 bits per heavy atom. The van der Waals surface area contributed by atoms with Crippen LogP contribution in [0.15, 0.2) is 46.5 Å². The van der Waals surface area contributed by atoms with Gasteiger partial charge in [0.15, 0.2) is 11.8 Å². The van der Waals surface area contributed by atoms with Crippen molar-refractivity contribution in [3.63, 3.8) is 0 Å². The number of nitrogens with one attached hydrogen (secondary N) is 1. The molecule has 1 N–H and O–H groups in total. The minimum atomic E-state index is -0.292. The molecule has 0 aliphatic carbocycles. The Labute approximate surface area is 123 Å². The first-order valence-corrected chi connectivity index (χ1v) is 6.99. The molecule has 8 heteroatoms. The summed E-state index contributed by atoms with van der Waals surface area (Å²) in [6, 6.07) is 8.46. The second kappa shape index (κ2) is 5.30. The van der Waals surface area contributed by atoms with Crippen LogP contribution in [-0.2, 0) is 5.75 Å². The fourth-order valence-electron chi connectivity index (χ4n) is 1.86. The van der Waals surface area contributed by atoms with Gasteiger partial charge in [-0.1, -0.05) is 0 Å². The van der Waals surface area contributed by atoms with Crippen LogP contribution < -0.4 is 10.3 Å². The molecule has 104 valence electrons. The molecule has 0 radical (unpaired) electrons. The molecule has 0 atom stereocenters. The molecule has 21 heavy (non-hydrogen) atoms. The Bertz CT molecular complexity index is 909. The van der Waals surface area contributed by atoms with E-state index in [1.54, 1.807) is 18.2 Å². The van der Waals surface area contributed by atoms with Crippen molar-refractivity contribution in [2.24, 2.45) is 0 Å². The number of nitrogens with zero attached hydrogens (tertiary/aromatic N) is 4. The molecule has 0 aliphatic rings. The lowest BCUT2D eigenvalue weighted by Gasteiger charge is -2.03. The Kier molecular flexibility index (Phi) is 3.33. The van der Waals surface area contributed by atoms with Crippen molar-refractivity contribution >= 4 is 17.4 Å². The quantitative estimate of drug-likeness (QED) is 0.438. The normalized spacial score (nSPS) is 10.6. The van der Waals surface area contributed by atoms with E-state index in [0.29, 0.717) is 27.7 Å². The Morgan fingerprint density at radius 3 is 3.14 bits per heavy atom.